The first-order valence-corrected chi connectivity index (χ1v) is 12.4. The summed E-state index contributed by atoms with van der Waals surface area (Å²) in [5.41, 5.74) is 0.711. The Morgan fingerprint density at radius 1 is 1.12 bits per heavy atom. The number of fused-ring (bicyclic) bond motifs is 1. The molecular formula is C22H18FN5O3S2. The Morgan fingerprint density at radius 3 is 2.79 bits per heavy atom. The van der Waals surface area contributed by atoms with Gasteiger partial charge in [-0.2, -0.15) is 4.31 Å². The molecule has 1 saturated heterocycles. The lowest BCUT2D eigenvalue weighted by Crippen LogP contribution is -2.31. The summed E-state index contributed by atoms with van der Waals surface area (Å²) >= 11 is 1.03. The van der Waals surface area contributed by atoms with Gasteiger partial charge in [-0.15, -0.1) is 10.2 Å². The average molecular weight is 484 g/mol. The number of anilines is 1. The predicted molar refractivity (Wildman–Crippen MR) is 122 cm³/mol. The second-order valence-corrected chi connectivity index (χ2v) is 10.4. The molecule has 0 radical (unpaired) electrons. The van der Waals surface area contributed by atoms with E-state index in [4.69, 9.17) is 0 Å². The van der Waals surface area contributed by atoms with Crippen LogP contribution in [-0.4, -0.2) is 40.4 Å². The van der Waals surface area contributed by atoms with Gasteiger partial charge in [0, 0.05) is 23.8 Å². The number of carbonyl (C=O) groups is 1. The van der Waals surface area contributed by atoms with Gasteiger partial charge in [-0.05, 0) is 43.2 Å². The summed E-state index contributed by atoms with van der Waals surface area (Å²) in [4.78, 5) is 17.0. The van der Waals surface area contributed by atoms with Crippen molar-refractivity contribution < 1.29 is 17.6 Å². The largest absolute Gasteiger partial charge is 0.320 e. The van der Waals surface area contributed by atoms with Gasteiger partial charge in [-0.3, -0.25) is 9.78 Å². The van der Waals surface area contributed by atoms with Crippen molar-refractivity contribution in [2.24, 2.45) is 0 Å². The van der Waals surface area contributed by atoms with Gasteiger partial charge in [-0.25, -0.2) is 12.8 Å². The van der Waals surface area contributed by atoms with E-state index in [0.717, 1.165) is 16.7 Å². The number of halogens is 1. The summed E-state index contributed by atoms with van der Waals surface area (Å²) in [5.74, 6) is -1.00. The zero-order chi connectivity index (χ0) is 23.0. The van der Waals surface area contributed by atoms with E-state index in [9.17, 15) is 17.6 Å². The molecule has 11 heteroatoms. The van der Waals surface area contributed by atoms with E-state index in [1.807, 2.05) is 12.1 Å². The van der Waals surface area contributed by atoms with Crippen LogP contribution in [0.2, 0.25) is 0 Å². The van der Waals surface area contributed by atoms with Gasteiger partial charge < -0.3 is 5.32 Å². The van der Waals surface area contributed by atoms with E-state index < -0.39 is 27.8 Å². The number of hydrogen-bond donors (Lipinski definition) is 1. The molecule has 0 bridgehead atoms. The Hall–Kier alpha value is -3.28. The molecule has 1 aliphatic heterocycles. The van der Waals surface area contributed by atoms with Gasteiger partial charge in [0.1, 0.15) is 15.7 Å². The molecule has 3 heterocycles. The number of amides is 1. The normalized spacial score (nSPS) is 16.8. The third-order valence-corrected chi connectivity index (χ3v) is 8.35. The van der Waals surface area contributed by atoms with Gasteiger partial charge in [-0.1, -0.05) is 35.6 Å². The minimum absolute atomic E-state index is 0.0744. The number of pyridine rings is 1. The van der Waals surface area contributed by atoms with Crippen LogP contribution in [0.5, 0.6) is 0 Å². The highest BCUT2D eigenvalue weighted by Crippen LogP contribution is 2.38. The number of rotatable bonds is 5. The molecule has 1 atom stereocenters. The van der Waals surface area contributed by atoms with Crippen molar-refractivity contribution in [1.29, 1.82) is 0 Å². The molecule has 5 rings (SSSR count). The van der Waals surface area contributed by atoms with Gasteiger partial charge in [0.05, 0.1) is 11.6 Å². The van der Waals surface area contributed by atoms with Gasteiger partial charge in [0.25, 0.3) is 5.91 Å². The smallest absolute Gasteiger partial charge is 0.286 e. The fourth-order valence-electron chi connectivity index (χ4n) is 3.90. The van der Waals surface area contributed by atoms with Gasteiger partial charge in [0.15, 0.2) is 0 Å². The highest BCUT2D eigenvalue weighted by atomic mass is 32.2. The van der Waals surface area contributed by atoms with Crippen LogP contribution >= 0.6 is 11.3 Å². The Kier molecular flexibility index (Phi) is 5.60. The van der Waals surface area contributed by atoms with E-state index in [-0.39, 0.29) is 9.90 Å². The van der Waals surface area contributed by atoms with Gasteiger partial charge in [0.2, 0.25) is 15.0 Å². The molecule has 8 nitrogen and oxygen atoms in total. The summed E-state index contributed by atoms with van der Waals surface area (Å²) < 4.78 is 41.9. The standard InChI is InChI=1S/C22H18FN5O3S2/c23-15-7-2-8-16(13-15)25-20(29)22-27-26-21(32-22)17-9-4-12-28(17)33(30,31)18-10-1-5-14-6-3-11-24-19(14)18/h1-3,5-8,10-11,13,17H,4,9,12H2,(H,25,29)/t17-/m0/s1. The van der Waals surface area contributed by atoms with Crippen LogP contribution in [-0.2, 0) is 10.0 Å². The topological polar surface area (TPSA) is 105 Å². The van der Waals surface area contributed by atoms with Crippen molar-refractivity contribution in [3.8, 4) is 0 Å². The van der Waals surface area contributed by atoms with Crippen LogP contribution in [0.15, 0.2) is 65.7 Å². The fourth-order valence-corrected chi connectivity index (χ4v) is 6.68. The van der Waals surface area contributed by atoms with E-state index in [0.29, 0.717) is 35.6 Å². The monoisotopic (exact) mass is 483 g/mol. The highest BCUT2D eigenvalue weighted by Gasteiger charge is 2.39. The zero-order valence-electron chi connectivity index (χ0n) is 17.2. The third kappa shape index (κ3) is 4.10. The molecule has 0 saturated carbocycles. The number of nitrogens with one attached hydrogen (secondary N) is 1. The summed E-state index contributed by atoms with van der Waals surface area (Å²) in [6.07, 6.45) is 2.79. The Morgan fingerprint density at radius 2 is 1.94 bits per heavy atom. The first-order valence-electron chi connectivity index (χ1n) is 10.2. The molecule has 2 aromatic carbocycles. The number of nitrogens with zero attached hydrogens (tertiary/aromatic N) is 4. The molecule has 1 N–H and O–H groups in total. The minimum Gasteiger partial charge on any atom is -0.320 e. The number of aromatic nitrogens is 3. The molecule has 33 heavy (non-hydrogen) atoms. The van der Waals surface area contributed by atoms with E-state index in [1.54, 1.807) is 30.5 Å². The molecule has 4 aromatic rings. The van der Waals surface area contributed by atoms with Crippen LogP contribution in [0.4, 0.5) is 10.1 Å². The van der Waals surface area contributed by atoms with Crippen molar-refractivity contribution in [3.63, 3.8) is 0 Å². The summed E-state index contributed by atoms with van der Waals surface area (Å²) in [6.45, 7) is 0.334. The molecule has 1 fully saturated rings. The second kappa shape index (κ2) is 8.58. The van der Waals surface area contributed by atoms with Crippen LogP contribution < -0.4 is 5.32 Å². The SMILES string of the molecule is O=C(Nc1cccc(F)c1)c1nnc([C@@H]2CCCN2S(=O)(=O)c2cccc3cccnc23)s1. The summed E-state index contributed by atoms with van der Waals surface area (Å²) in [6, 6.07) is 13.6. The van der Waals surface area contributed by atoms with Crippen molar-refractivity contribution >= 4 is 43.9 Å². The van der Waals surface area contributed by atoms with Crippen LogP contribution in [0.1, 0.15) is 33.7 Å². The minimum atomic E-state index is -3.86. The maximum atomic E-state index is 13.6. The molecule has 0 unspecified atom stereocenters. The second-order valence-electron chi connectivity index (χ2n) is 7.51. The molecule has 2 aromatic heterocycles. The molecule has 168 valence electrons. The quantitative estimate of drug-likeness (QED) is 0.460. The number of hydrogen-bond acceptors (Lipinski definition) is 7. The summed E-state index contributed by atoms with van der Waals surface area (Å²) in [7, 11) is -3.86. The Labute approximate surface area is 193 Å². The first-order chi connectivity index (χ1) is 15.9. The highest BCUT2D eigenvalue weighted by molar-refractivity contribution is 7.89. The number of carbonyl (C=O) groups excluding carboxylic acids is 1. The lowest BCUT2D eigenvalue weighted by Gasteiger charge is -2.22. The predicted octanol–water partition coefficient (Wildman–Crippen LogP) is 4.00. The van der Waals surface area contributed by atoms with E-state index in [1.165, 1.54) is 22.5 Å². The lowest BCUT2D eigenvalue weighted by atomic mass is 10.2. The van der Waals surface area contributed by atoms with Crippen LogP contribution in [0, 0.1) is 5.82 Å². The first kappa shape index (κ1) is 21.6. The van der Waals surface area contributed by atoms with E-state index in [2.05, 4.69) is 20.5 Å². The number of benzene rings is 2. The number of sulfonamides is 1. The fraction of sp³-hybridized carbons (Fsp3) is 0.182. The van der Waals surface area contributed by atoms with Crippen LogP contribution in [0.25, 0.3) is 10.9 Å². The van der Waals surface area contributed by atoms with Crippen LogP contribution in [0.3, 0.4) is 0 Å². The molecular weight excluding hydrogens is 465 g/mol. The van der Waals surface area contributed by atoms with E-state index >= 15 is 0 Å². The Bertz CT molecular complexity index is 1450. The molecule has 1 amide bonds. The third-order valence-electron chi connectivity index (χ3n) is 5.39. The summed E-state index contributed by atoms with van der Waals surface area (Å²) in [5, 5.41) is 11.9. The molecule has 0 spiro atoms. The molecule has 1 aliphatic rings. The lowest BCUT2D eigenvalue weighted by molar-refractivity contribution is 0.102. The molecule has 0 aliphatic carbocycles. The average Bonchev–Trinajstić information content (AvgIpc) is 3.49. The maximum Gasteiger partial charge on any atom is 0.286 e. The van der Waals surface area contributed by atoms with Crippen molar-refractivity contribution in [2.75, 3.05) is 11.9 Å². The van der Waals surface area contributed by atoms with Gasteiger partial charge >= 0.3 is 0 Å². The Balaban J connectivity index is 1.42. The maximum absolute atomic E-state index is 13.6. The number of para-hydroxylation sites is 1. The van der Waals surface area contributed by atoms with Crippen molar-refractivity contribution in [1.82, 2.24) is 19.5 Å². The van der Waals surface area contributed by atoms with Crippen molar-refractivity contribution in [2.45, 2.75) is 23.8 Å². The zero-order valence-corrected chi connectivity index (χ0v) is 18.8. The van der Waals surface area contributed by atoms with Crippen molar-refractivity contribution in [3.05, 3.63) is 76.6 Å².